The summed E-state index contributed by atoms with van der Waals surface area (Å²) in [6, 6.07) is 14.8. The van der Waals surface area contributed by atoms with E-state index in [2.05, 4.69) is 10.3 Å². The third kappa shape index (κ3) is 3.89. The highest BCUT2D eigenvalue weighted by molar-refractivity contribution is 5.91. The van der Waals surface area contributed by atoms with Gasteiger partial charge in [-0.1, -0.05) is 18.2 Å². The number of aromatic nitrogens is 1. The summed E-state index contributed by atoms with van der Waals surface area (Å²) in [5, 5.41) is 3.91. The molecular weight excluding hydrogens is 386 g/mol. The number of nitrogens with one attached hydrogen (secondary N) is 1. The van der Waals surface area contributed by atoms with Gasteiger partial charge in [0, 0.05) is 23.6 Å². The fraction of sp³-hybridized carbons (Fsp3) is 0.273. The molecule has 3 aromatic rings. The molecule has 4 rings (SSSR count). The van der Waals surface area contributed by atoms with Gasteiger partial charge in [0.15, 0.2) is 11.5 Å². The number of ether oxygens (including phenoxy) is 4. The van der Waals surface area contributed by atoms with E-state index in [4.69, 9.17) is 18.9 Å². The number of urea groups is 1. The van der Waals surface area contributed by atoms with Crippen LogP contribution in [0.5, 0.6) is 23.1 Å². The van der Waals surface area contributed by atoms with Crippen molar-refractivity contribution in [2.24, 2.45) is 0 Å². The highest BCUT2D eigenvalue weighted by atomic mass is 16.5. The molecule has 1 aliphatic heterocycles. The van der Waals surface area contributed by atoms with Crippen LogP contribution < -0.4 is 24.3 Å². The maximum atomic E-state index is 12.6. The van der Waals surface area contributed by atoms with Gasteiger partial charge in [0.25, 0.3) is 0 Å². The minimum atomic E-state index is -0.226. The highest BCUT2D eigenvalue weighted by Crippen LogP contribution is 2.40. The molecular formula is C22H23N3O5. The summed E-state index contributed by atoms with van der Waals surface area (Å²) in [4.78, 5) is 18.7. The summed E-state index contributed by atoms with van der Waals surface area (Å²) in [5.74, 6) is 1.97. The predicted octanol–water partition coefficient (Wildman–Crippen LogP) is 3.56. The molecule has 30 heavy (non-hydrogen) atoms. The lowest BCUT2D eigenvalue weighted by molar-refractivity contribution is 0.0463. The van der Waals surface area contributed by atoms with E-state index >= 15 is 0 Å². The van der Waals surface area contributed by atoms with Crippen molar-refractivity contribution >= 4 is 22.6 Å². The number of carbonyl (C=O) groups excluding carboxylic acids is 1. The summed E-state index contributed by atoms with van der Waals surface area (Å²) in [6.07, 6.45) is -0.0932. The van der Waals surface area contributed by atoms with Gasteiger partial charge >= 0.3 is 6.03 Å². The van der Waals surface area contributed by atoms with Crippen molar-refractivity contribution in [3.8, 4) is 23.1 Å². The minimum Gasteiger partial charge on any atom is -0.493 e. The van der Waals surface area contributed by atoms with Crippen LogP contribution in [0.25, 0.3) is 10.9 Å². The Kier molecular flexibility index (Phi) is 5.47. The Morgan fingerprint density at radius 2 is 1.70 bits per heavy atom. The molecule has 1 N–H and O–H groups in total. The van der Waals surface area contributed by atoms with E-state index in [-0.39, 0.29) is 12.1 Å². The van der Waals surface area contributed by atoms with Crippen LogP contribution in [0, 0.1) is 0 Å². The van der Waals surface area contributed by atoms with E-state index < -0.39 is 0 Å². The number of likely N-dealkylation sites (tertiary alicyclic amines) is 1. The zero-order valence-electron chi connectivity index (χ0n) is 17.0. The van der Waals surface area contributed by atoms with Crippen molar-refractivity contribution in [3.63, 3.8) is 0 Å². The van der Waals surface area contributed by atoms with Crippen LogP contribution in [0.3, 0.4) is 0 Å². The van der Waals surface area contributed by atoms with Crippen molar-refractivity contribution in [2.45, 2.75) is 6.10 Å². The van der Waals surface area contributed by atoms with E-state index in [1.54, 1.807) is 17.0 Å². The second kappa shape index (κ2) is 8.36. The first kappa shape index (κ1) is 19.6. The number of hydrogen-bond acceptors (Lipinski definition) is 6. The molecule has 0 spiro atoms. The van der Waals surface area contributed by atoms with Gasteiger partial charge in [-0.3, -0.25) is 0 Å². The number of pyridine rings is 1. The molecule has 0 aliphatic carbocycles. The molecule has 156 valence electrons. The number of carbonyl (C=O) groups is 1. The molecule has 0 bridgehead atoms. The monoisotopic (exact) mass is 409 g/mol. The van der Waals surface area contributed by atoms with Crippen molar-refractivity contribution < 1.29 is 23.7 Å². The molecule has 1 saturated heterocycles. The molecule has 8 nitrogen and oxygen atoms in total. The smallest absolute Gasteiger partial charge is 0.322 e. The van der Waals surface area contributed by atoms with Gasteiger partial charge < -0.3 is 29.2 Å². The molecule has 2 amide bonds. The van der Waals surface area contributed by atoms with Crippen LogP contribution in [-0.2, 0) is 0 Å². The number of amides is 2. The van der Waals surface area contributed by atoms with E-state index in [0.29, 0.717) is 41.9 Å². The highest BCUT2D eigenvalue weighted by Gasteiger charge is 2.33. The predicted molar refractivity (Wildman–Crippen MR) is 113 cm³/mol. The van der Waals surface area contributed by atoms with Crippen LogP contribution in [0.4, 0.5) is 10.5 Å². The van der Waals surface area contributed by atoms with Crippen LogP contribution in [0.2, 0.25) is 0 Å². The topological polar surface area (TPSA) is 82.2 Å². The van der Waals surface area contributed by atoms with Gasteiger partial charge in [0.1, 0.15) is 6.10 Å². The Bertz CT molecular complexity index is 1040. The minimum absolute atomic E-state index is 0.0932. The SMILES string of the molecule is COc1cc(NC(=O)N2CC(Oc3ccc4ccccc4n3)C2)cc(OC)c1OC. The van der Waals surface area contributed by atoms with Crippen molar-refractivity contribution in [2.75, 3.05) is 39.7 Å². The first-order valence-electron chi connectivity index (χ1n) is 9.49. The summed E-state index contributed by atoms with van der Waals surface area (Å²) in [6.45, 7) is 0.954. The Labute approximate surface area is 174 Å². The summed E-state index contributed by atoms with van der Waals surface area (Å²) < 4.78 is 21.8. The number of para-hydroxylation sites is 1. The first-order chi connectivity index (χ1) is 14.6. The Morgan fingerprint density at radius 1 is 1.00 bits per heavy atom. The standard InChI is InChI=1S/C22H23N3O5/c1-27-18-10-15(11-19(28-2)21(18)29-3)23-22(26)25-12-16(13-25)30-20-9-8-14-6-4-5-7-17(14)24-20/h4-11,16H,12-13H2,1-3H3,(H,23,26). The normalized spacial score (nSPS) is 13.5. The number of hydrogen-bond donors (Lipinski definition) is 1. The van der Waals surface area contributed by atoms with Crippen LogP contribution in [-0.4, -0.2) is 56.4 Å². The number of rotatable bonds is 6. The largest absolute Gasteiger partial charge is 0.493 e. The number of methoxy groups -OCH3 is 3. The van der Waals surface area contributed by atoms with Gasteiger partial charge in [-0.2, -0.15) is 0 Å². The summed E-state index contributed by atoms with van der Waals surface area (Å²) in [5.41, 5.74) is 1.43. The van der Waals surface area contributed by atoms with E-state index in [1.165, 1.54) is 21.3 Å². The molecule has 0 radical (unpaired) electrons. The number of benzene rings is 2. The van der Waals surface area contributed by atoms with E-state index in [1.807, 2.05) is 36.4 Å². The summed E-state index contributed by atoms with van der Waals surface area (Å²) >= 11 is 0. The van der Waals surface area contributed by atoms with Gasteiger partial charge in [-0.05, 0) is 12.1 Å². The van der Waals surface area contributed by atoms with Crippen LogP contribution in [0.1, 0.15) is 0 Å². The summed E-state index contributed by atoms with van der Waals surface area (Å²) in [7, 11) is 4.59. The molecule has 2 heterocycles. The quantitative estimate of drug-likeness (QED) is 0.670. The molecule has 0 saturated carbocycles. The number of nitrogens with zero attached hydrogens (tertiary/aromatic N) is 2. The lowest BCUT2D eigenvalue weighted by Gasteiger charge is -2.38. The molecule has 1 fully saturated rings. The zero-order valence-corrected chi connectivity index (χ0v) is 17.0. The average molecular weight is 409 g/mol. The van der Waals surface area contributed by atoms with Gasteiger partial charge in [0.2, 0.25) is 11.6 Å². The maximum Gasteiger partial charge on any atom is 0.322 e. The van der Waals surface area contributed by atoms with Crippen molar-refractivity contribution in [1.29, 1.82) is 0 Å². The van der Waals surface area contributed by atoms with E-state index in [9.17, 15) is 4.79 Å². The number of fused-ring (bicyclic) bond motifs is 1. The van der Waals surface area contributed by atoms with Crippen LogP contribution in [0.15, 0.2) is 48.5 Å². The van der Waals surface area contributed by atoms with Crippen molar-refractivity contribution in [3.05, 3.63) is 48.5 Å². The molecule has 1 aliphatic rings. The molecule has 2 aromatic carbocycles. The first-order valence-corrected chi connectivity index (χ1v) is 9.49. The molecule has 1 aromatic heterocycles. The fourth-order valence-corrected chi connectivity index (χ4v) is 3.32. The van der Waals surface area contributed by atoms with Gasteiger partial charge in [-0.15, -0.1) is 0 Å². The lowest BCUT2D eigenvalue weighted by Crippen LogP contribution is -2.57. The molecule has 8 heteroatoms. The lowest BCUT2D eigenvalue weighted by atomic mass is 10.2. The average Bonchev–Trinajstić information content (AvgIpc) is 2.74. The maximum absolute atomic E-state index is 12.6. The third-order valence-corrected chi connectivity index (χ3v) is 4.91. The second-order valence-electron chi connectivity index (χ2n) is 6.83. The van der Waals surface area contributed by atoms with E-state index in [0.717, 1.165) is 10.9 Å². The van der Waals surface area contributed by atoms with Crippen molar-refractivity contribution in [1.82, 2.24) is 9.88 Å². The van der Waals surface area contributed by atoms with Gasteiger partial charge in [0.05, 0.1) is 45.6 Å². The zero-order chi connectivity index (χ0) is 21.1. The Balaban J connectivity index is 1.36. The Morgan fingerprint density at radius 3 is 2.37 bits per heavy atom. The second-order valence-corrected chi connectivity index (χ2v) is 6.83. The number of anilines is 1. The van der Waals surface area contributed by atoms with Gasteiger partial charge in [-0.25, -0.2) is 9.78 Å². The fourth-order valence-electron chi connectivity index (χ4n) is 3.32. The molecule has 0 atom stereocenters. The third-order valence-electron chi connectivity index (χ3n) is 4.91. The Hall–Kier alpha value is -3.68. The molecule has 0 unspecified atom stereocenters. The van der Waals surface area contributed by atoms with Crippen LogP contribution >= 0.6 is 0 Å².